The summed E-state index contributed by atoms with van der Waals surface area (Å²) in [4.78, 5) is 21.2. The maximum Gasteiger partial charge on any atom is 0.232 e. The Morgan fingerprint density at radius 2 is 2.43 bits per heavy atom. The van der Waals surface area contributed by atoms with Crippen molar-refractivity contribution in [3.63, 3.8) is 0 Å². The molecule has 2 aromatic heterocycles. The minimum Gasteiger partial charge on any atom is -0.377 e. The van der Waals surface area contributed by atoms with Crippen LogP contribution in [0.15, 0.2) is 18.3 Å². The van der Waals surface area contributed by atoms with E-state index in [1.165, 1.54) is 0 Å². The number of imidazole rings is 1. The van der Waals surface area contributed by atoms with Crippen LogP contribution in [0.4, 0.5) is 5.95 Å². The zero-order valence-electron chi connectivity index (χ0n) is 12.4. The molecule has 1 saturated heterocycles. The van der Waals surface area contributed by atoms with Gasteiger partial charge in [-0.3, -0.25) is 14.7 Å². The topological polar surface area (TPSA) is 69.0 Å². The first kappa shape index (κ1) is 14.0. The largest absolute Gasteiger partial charge is 0.377 e. The van der Waals surface area contributed by atoms with Crippen molar-refractivity contribution in [1.29, 1.82) is 0 Å². The number of ether oxygens (including phenoxy) is 1. The Labute approximate surface area is 123 Å². The number of fused-ring (bicyclic) bond motifs is 1. The molecular formula is C15H20N4O2. The summed E-state index contributed by atoms with van der Waals surface area (Å²) in [6.45, 7) is 2.80. The van der Waals surface area contributed by atoms with Crippen LogP contribution in [0, 0.1) is 5.92 Å². The van der Waals surface area contributed by atoms with Crippen molar-refractivity contribution < 1.29 is 9.53 Å². The highest BCUT2D eigenvalue weighted by molar-refractivity contribution is 5.93. The molecule has 1 amide bonds. The van der Waals surface area contributed by atoms with Gasteiger partial charge in [0.1, 0.15) is 5.52 Å². The van der Waals surface area contributed by atoms with E-state index in [1.54, 1.807) is 10.8 Å². The number of pyridine rings is 1. The number of carbonyl (C=O) groups is 1. The number of anilines is 1. The van der Waals surface area contributed by atoms with Crippen LogP contribution in [-0.2, 0) is 16.6 Å². The summed E-state index contributed by atoms with van der Waals surface area (Å²) in [5.74, 6) is 0.422. The van der Waals surface area contributed by atoms with Crippen molar-refractivity contribution >= 4 is 23.0 Å². The molecule has 112 valence electrons. The maximum absolute atomic E-state index is 12.5. The molecule has 0 aliphatic carbocycles. The molecule has 0 spiro atoms. The van der Waals surface area contributed by atoms with Gasteiger partial charge >= 0.3 is 0 Å². The summed E-state index contributed by atoms with van der Waals surface area (Å²) in [5, 5.41) is 2.93. The zero-order valence-corrected chi connectivity index (χ0v) is 12.4. The molecule has 0 radical (unpaired) electrons. The highest BCUT2D eigenvalue weighted by atomic mass is 16.5. The third-order valence-electron chi connectivity index (χ3n) is 4.04. The average molecular weight is 288 g/mol. The van der Waals surface area contributed by atoms with E-state index in [0.29, 0.717) is 5.95 Å². The first-order valence-electron chi connectivity index (χ1n) is 7.40. The lowest BCUT2D eigenvalue weighted by Gasteiger charge is -2.29. The lowest BCUT2D eigenvalue weighted by Crippen LogP contribution is -2.38. The summed E-state index contributed by atoms with van der Waals surface area (Å²) in [5.41, 5.74) is 1.54. The second kappa shape index (κ2) is 5.81. The number of aryl methyl sites for hydroxylation is 1. The first-order valence-corrected chi connectivity index (χ1v) is 7.40. The number of hydrogen-bond donors (Lipinski definition) is 1. The van der Waals surface area contributed by atoms with Crippen LogP contribution in [0.3, 0.4) is 0 Å². The standard InChI is InChI=1S/C15H20N4O2/c1-3-12-10(6-5-9-21-12)14(20)18-15-17-11-7-4-8-16-13(11)19(15)2/h4,7-8,10,12H,3,5-6,9H2,1-2H3,(H,17,18,20)/t10-,12+/m1/s1. The van der Waals surface area contributed by atoms with Gasteiger partial charge in [-0.1, -0.05) is 6.92 Å². The van der Waals surface area contributed by atoms with Crippen molar-refractivity contribution in [1.82, 2.24) is 14.5 Å². The molecule has 21 heavy (non-hydrogen) atoms. The van der Waals surface area contributed by atoms with Crippen molar-refractivity contribution in [2.24, 2.45) is 13.0 Å². The zero-order chi connectivity index (χ0) is 14.8. The number of carbonyl (C=O) groups excluding carboxylic acids is 1. The highest BCUT2D eigenvalue weighted by Crippen LogP contribution is 2.25. The minimum atomic E-state index is -0.100. The summed E-state index contributed by atoms with van der Waals surface area (Å²) >= 11 is 0. The molecule has 1 fully saturated rings. The fourth-order valence-electron chi connectivity index (χ4n) is 2.88. The molecule has 1 aliphatic heterocycles. The van der Waals surface area contributed by atoms with E-state index < -0.39 is 0 Å². The predicted octanol–water partition coefficient (Wildman–Crippen LogP) is 2.11. The second-order valence-electron chi connectivity index (χ2n) is 5.40. The van der Waals surface area contributed by atoms with Gasteiger partial charge in [-0.05, 0) is 31.4 Å². The van der Waals surface area contributed by atoms with Crippen molar-refractivity contribution in [3.8, 4) is 0 Å². The third kappa shape index (κ3) is 2.63. The molecular weight excluding hydrogens is 268 g/mol. The van der Waals surface area contributed by atoms with Crippen LogP contribution in [-0.4, -0.2) is 33.2 Å². The van der Waals surface area contributed by atoms with Gasteiger partial charge in [0.25, 0.3) is 0 Å². The summed E-state index contributed by atoms with van der Waals surface area (Å²) in [7, 11) is 1.85. The van der Waals surface area contributed by atoms with Crippen LogP contribution >= 0.6 is 0 Å². The summed E-state index contributed by atoms with van der Waals surface area (Å²) in [6, 6.07) is 3.72. The molecule has 6 nitrogen and oxygen atoms in total. The van der Waals surface area contributed by atoms with Gasteiger partial charge in [0.15, 0.2) is 5.65 Å². The van der Waals surface area contributed by atoms with Gasteiger partial charge in [-0.25, -0.2) is 9.97 Å². The van der Waals surface area contributed by atoms with E-state index in [0.717, 1.165) is 37.0 Å². The summed E-state index contributed by atoms with van der Waals surface area (Å²) < 4.78 is 7.49. The van der Waals surface area contributed by atoms with Crippen LogP contribution in [0.5, 0.6) is 0 Å². The van der Waals surface area contributed by atoms with Crippen LogP contribution in [0.2, 0.25) is 0 Å². The summed E-state index contributed by atoms with van der Waals surface area (Å²) in [6.07, 6.45) is 4.37. The van der Waals surface area contributed by atoms with E-state index in [4.69, 9.17) is 4.74 Å². The third-order valence-corrected chi connectivity index (χ3v) is 4.04. The Morgan fingerprint density at radius 3 is 3.19 bits per heavy atom. The van der Waals surface area contributed by atoms with Crippen LogP contribution < -0.4 is 5.32 Å². The van der Waals surface area contributed by atoms with Crippen molar-refractivity contribution in [2.45, 2.75) is 32.3 Å². The maximum atomic E-state index is 12.5. The number of hydrogen-bond acceptors (Lipinski definition) is 4. The number of rotatable bonds is 3. The monoisotopic (exact) mass is 288 g/mol. The first-order chi connectivity index (χ1) is 10.2. The molecule has 6 heteroatoms. The Kier molecular flexibility index (Phi) is 3.88. The number of nitrogens with zero attached hydrogens (tertiary/aromatic N) is 3. The van der Waals surface area contributed by atoms with Gasteiger partial charge in [-0.15, -0.1) is 0 Å². The Morgan fingerprint density at radius 1 is 1.57 bits per heavy atom. The molecule has 1 N–H and O–H groups in total. The fourth-order valence-corrected chi connectivity index (χ4v) is 2.88. The molecule has 0 aromatic carbocycles. The smallest absolute Gasteiger partial charge is 0.232 e. The van der Waals surface area contributed by atoms with E-state index in [9.17, 15) is 4.79 Å². The molecule has 2 aromatic rings. The number of aromatic nitrogens is 3. The highest BCUT2D eigenvalue weighted by Gasteiger charge is 2.31. The van der Waals surface area contributed by atoms with E-state index in [2.05, 4.69) is 22.2 Å². The number of amides is 1. The van der Waals surface area contributed by atoms with E-state index >= 15 is 0 Å². The van der Waals surface area contributed by atoms with E-state index in [1.807, 2.05) is 19.2 Å². The molecule has 0 bridgehead atoms. The van der Waals surface area contributed by atoms with Crippen molar-refractivity contribution in [3.05, 3.63) is 18.3 Å². The van der Waals surface area contributed by atoms with Crippen LogP contribution in [0.1, 0.15) is 26.2 Å². The average Bonchev–Trinajstić information content (AvgIpc) is 2.84. The molecule has 0 unspecified atom stereocenters. The molecule has 3 rings (SSSR count). The minimum absolute atomic E-state index is 0.00607. The van der Waals surface area contributed by atoms with Crippen molar-refractivity contribution in [2.75, 3.05) is 11.9 Å². The molecule has 2 atom stereocenters. The molecule has 1 aliphatic rings. The predicted molar refractivity (Wildman–Crippen MR) is 79.9 cm³/mol. The van der Waals surface area contributed by atoms with Gasteiger partial charge in [0.2, 0.25) is 11.9 Å². The Hall–Kier alpha value is -1.95. The molecule has 3 heterocycles. The lowest BCUT2D eigenvalue weighted by molar-refractivity contribution is -0.129. The Bertz CT molecular complexity index is 652. The molecule has 0 saturated carbocycles. The normalized spacial score (nSPS) is 22.4. The van der Waals surface area contributed by atoms with E-state index in [-0.39, 0.29) is 17.9 Å². The number of nitrogens with one attached hydrogen (secondary N) is 1. The van der Waals surface area contributed by atoms with Crippen LogP contribution in [0.25, 0.3) is 11.2 Å². The van der Waals surface area contributed by atoms with Gasteiger partial charge in [0.05, 0.1) is 12.0 Å². The van der Waals surface area contributed by atoms with Gasteiger partial charge in [-0.2, -0.15) is 0 Å². The quantitative estimate of drug-likeness (QED) is 0.939. The SMILES string of the molecule is CC[C@@H]1OCCC[C@H]1C(=O)Nc1nc2cccnc2n1C. The lowest BCUT2D eigenvalue weighted by atomic mass is 9.92. The Balaban J connectivity index is 1.81. The fraction of sp³-hybridized carbons (Fsp3) is 0.533. The van der Waals surface area contributed by atoms with Gasteiger partial charge in [0, 0.05) is 19.9 Å². The second-order valence-corrected chi connectivity index (χ2v) is 5.40. The van der Waals surface area contributed by atoms with Gasteiger partial charge < -0.3 is 4.74 Å².